The molecule has 0 N–H and O–H groups in total. The number of hydrogen-bond acceptors (Lipinski definition) is 5. The molecule has 0 saturated heterocycles. The van der Waals surface area contributed by atoms with Crippen molar-refractivity contribution >= 4 is 17.7 Å². The summed E-state index contributed by atoms with van der Waals surface area (Å²) in [5.41, 5.74) is 0. The Hall–Kier alpha value is -0.390. The van der Waals surface area contributed by atoms with Crippen LogP contribution in [0.3, 0.4) is 0 Å². The first-order valence-electron chi connectivity index (χ1n) is 2.97. The molecule has 12 heavy (non-hydrogen) atoms. The summed E-state index contributed by atoms with van der Waals surface area (Å²) in [6.07, 6.45) is -0.918. The largest absolute Gasteiger partial charge is 1.00 e. The molecule has 0 unspecified atom stereocenters. The Morgan fingerprint density at radius 2 is 1.83 bits per heavy atom. The van der Waals surface area contributed by atoms with E-state index >= 15 is 0 Å². The molecule has 0 aliphatic heterocycles. The second kappa shape index (κ2) is 7.27. The molecule has 0 saturated carbocycles. The van der Waals surface area contributed by atoms with Gasteiger partial charge in [0.25, 0.3) is 0 Å². The fraction of sp³-hybridized carbons (Fsp3) is 0.500. The van der Waals surface area contributed by atoms with E-state index in [1.165, 1.54) is 6.92 Å². The van der Waals surface area contributed by atoms with Crippen LogP contribution in [-0.2, 0) is 19.1 Å². The maximum absolute atomic E-state index is 10.4. The van der Waals surface area contributed by atoms with E-state index in [1.807, 2.05) is 0 Å². The van der Waals surface area contributed by atoms with Crippen molar-refractivity contribution in [2.75, 3.05) is 6.61 Å². The Morgan fingerprint density at radius 1 is 1.33 bits per heavy atom. The minimum atomic E-state index is -1.58. The van der Waals surface area contributed by atoms with E-state index < -0.39 is 24.1 Å². The molecule has 0 spiro atoms. The molecule has 0 aromatic rings. The summed E-state index contributed by atoms with van der Waals surface area (Å²) in [6, 6.07) is 0. The molecule has 0 rings (SSSR count). The number of carboxylic acids is 1. The third-order valence-corrected chi connectivity index (χ3v) is 0.808. The van der Waals surface area contributed by atoms with Crippen molar-refractivity contribution in [3.63, 3.8) is 0 Å². The first-order valence-corrected chi connectivity index (χ1v) is 2.97. The van der Waals surface area contributed by atoms with Crippen molar-refractivity contribution in [2.24, 2.45) is 0 Å². The van der Waals surface area contributed by atoms with Crippen LogP contribution in [0.5, 0.6) is 0 Å². The van der Waals surface area contributed by atoms with Gasteiger partial charge in [-0.2, -0.15) is 0 Å². The topological polar surface area (TPSA) is 83.5 Å². The van der Waals surface area contributed by atoms with Gasteiger partial charge in [0.2, 0.25) is 5.78 Å². The van der Waals surface area contributed by atoms with Gasteiger partial charge in [-0.05, 0) is 6.92 Å². The molecular weight excluding hydrogens is 175 g/mol. The minimum absolute atomic E-state index is 0. The van der Waals surface area contributed by atoms with Gasteiger partial charge < -0.3 is 14.6 Å². The monoisotopic (exact) mass is 182 g/mol. The SMILES string of the molecule is CCOC(=O)C(=O)CC(=O)[O-].[Na+]. The molecule has 0 amide bonds. The van der Waals surface area contributed by atoms with Gasteiger partial charge in [0.05, 0.1) is 13.0 Å². The zero-order chi connectivity index (χ0) is 8.85. The summed E-state index contributed by atoms with van der Waals surface area (Å²) < 4.78 is 4.22. The van der Waals surface area contributed by atoms with E-state index in [-0.39, 0.29) is 36.2 Å². The Bertz CT molecular complexity index is 188. The average molecular weight is 182 g/mol. The second-order valence-electron chi connectivity index (χ2n) is 1.69. The third kappa shape index (κ3) is 6.33. The van der Waals surface area contributed by atoms with Crippen molar-refractivity contribution in [1.29, 1.82) is 0 Å². The Kier molecular flexibility index (Phi) is 8.57. The maximum Gasteiger partial charge on any atom is 1.00 e. The number of hydrogen-bond donors (Lipinski definition) is 0. The van der Waals surface area contributed by atoms with E-state index in [9.17, 15) is 19.5 Å². The van der Waals surface area contributed by atoms with Crippen LogP contribution in [0, 0.1) is 0 Å². The van der Waals surface area contributed by atoms with Gasteiger partial charge >= 0.3 is 35.5 Å². The van der Waals surface area contributed by atoms with E-state index in [4.69, 9.17) is 0 Å². The minimum Gasteiger partial charge on any atom is -0.550 e. The van der Waals surface area contributed by atoms with Gasteiger partial charge in [0, 0.05) is 5.97 Å². The van der Waals surface area contributed by atoms with Crippen molar-refractivity contribution in [3.05, 3.63) is 0 Å². The van der Waals surface area contributed by atoms with Crippen LogP contribution in [0.15, 0.2) is 0 Å². The number of carbonyl (C=O) groups is 3. The maximum atomic E-state index is 10.4. The molecule has 5 nitrogen and oxygen atoms in total. The van der Waals surface area contributed by atoms with Crippen LogP contribution in [0.1, 0.15) is 13.3 Å². The second-order valence-corrected chi connectivity index (χ2v) is 1.69. The van der Waals surface area contributed by atoms with E-state index in [2.05, 4.69) is 4.74 Å². The van der Waals surface area contributed by atoms with E-state index in [0.29, 0.717) is 0 Å². The van der Waals surface area contributed by atoms with Crippen molar-refractivity contribution < 1.29 is 53.8 Å². The van der Waals surface area contributed by atoms with Crippen LogP contribution in [0.25, 0.3) is 0 Å². The Balaban J connectivity index is 0. The molecule has 0 heterocycles. The fourth-order valence-corrected chi connectivity index (χ4v) is 0.415. The Labute approximate surface area is 91.4 Å². The molecule has 0 fully saturated rings. The predicted octanol–water partition coefficient (Wildman–Crippen LogP) is -4.74. The van der Waals surface area contributed by atoms with Crippen molar-refractivity contribution in [3.8, 4) is 0 Å². The van der Waals surface area contributed by atoms with Gasteiger partial charge in [0.15, 0.2) is 0 Å². The standard InChI is InChI=1S/C6H8O5.Na/c1-2-11-6(10)4(7)3-5(8)9;/h2-3H2,1H3,(H,8,9);/q;+1/p-1. The summed E-state index contributed by atoms with van der Waals surface area (Å²) in [5, 5.41) is 9.78. The summed E-state index contributed by atoms with van der Waals surface area (Å²) in [5.74, 6) is -3.80. The van der Waals surface area contributed by atoms with Crippen molar-refractivity contribution in [2.45, 2.75) is 13.3 Å². The summed E-state index contributed by atoms with van der Waals surface area (Å²) in [4.78, 5) is 30.6. The van der Waals surface area contributed by atoms with E-state index in [1.54, 1.807) is 0 Å². The number of carboxylic acid groups (broad SMARTS) is 1. The molecular formula is C6H7NaO5. The predicted molar refractivity (Wildman–Crippen MR) is 31.3 cm³/mol. The van der Waals surface area contributed by atoms with Crippen LogP contribution < -0.4 is 34.7 Å². The fourth-order valence-electron chi connectivity index (χ4n) is 0.415. The zero-order valence-corrected chi connectivity index (χ0v) is 8.96. The van der Waals surface area contributed by atoms with E-state index in [0.717, 1.165) is 0 Å². The van der Waals surface area contributed by atoms with Gasteiger partial charge in [-0.1, -0.05) is 0 Å². The normalized spacial score (nSPS) is 8.08. The molecule has 0 atom stereocenters. The number of ether oxygens (including phenoxy) is 1. The summed E-state index contributed by atoms with van der Waals surface area (Å²) >= 11 is 0. The molecule has 0 radical (unpaired) electrons. The molecule has 62 valence electrons. The first-order chi connectivity index (χ1) is 5.07. The summed E-state index contributed by atoms with van der Waals surface area (Å²) in [6.45, 7) is 1.57. The number of Topliss-reactive ketones (excluding diaryl/α,β-unsaturated/α-hetero) is 1. The average Bonchev–Trinajstić information content (AvgIpc) is 1.86. The number of esters is 1. The van der Waals surface area contributed by atoms with Gasteiger partial charge in [-0.15, -0.1) is 0 Å². The van der Waals surface area contributed by atoms with Crippen molar-refractivity contribution in [1.82, 2.24) is 0 Å². The van der Waals surface area contributed by atoms with Crippen LogP contribution >= 0.6 is 0 Å². The third-order valence-electron chi connectivity index (χ3n) is 0.808. The molecule has 0 bridgehead atoms. The molecule has 0 aliphatic carbocycles. The van der Waals surface area contributed by atoms with Gasteiger partial charge in [-0.25, -0.2) is 4.79 Å². The number of ketones is 1. The molecule has 0 aliphatic rings. The van der Waals surface area contributed by atoms with Crippen LogP contribution in [0.2, 0.25) is 0 Å². The molecule has 6 heteroatoms. The van der Waals surface area contributed by atoms with Crippen LogP contribution in [-0.4, -0.2) is 24.3 Å². The first kappa shape index (κ1) is 14.2. The van der Waals surface area contributed by atoms with Gasteiger partial charge in [-0.3, -0.25) is 4.79 Å². The Morgan fingerprint density at radius 3 is 2.17 bits per heavy atom. The number of aliphatic carboxylic acids is 1. The zero-order valence-electron chi connectivity index (χ0n) is 6.96. The molecule has 0 aromatic heterocycles. The molecule has 0 aromatic carbocycles. The van der Waals surface area contributed by atoms with Crippen LogP contribution in [0.4, 0.5) is 0 Å². The summed E-state index contributed by atoms with van der Waals surface area (Å²) in [7, 11) is 0. The smallest absolute Gasteiger partial charge is 0.550 e. The number of rotatable bonds is 4. The van der Waals surface area contributed by atoms with Gasteiger partial charge in [0.1, 0.15) is 0 Å². The quantitative estimate of drug-likeness (QED) is 0.189. The number of carbonyl (C=O) groups excluding carboxylic acids is 3.